The summed E-state index contributed by atoms with van der Waals surface area (Å²) in [4.78, 5) is 7.02. The molecule has 122 valence electrons. The van der Waals surface area contributed by atoms with E-state index in [4.69, 9.17) is 4.74 Å². The Bertz CT molecular complexity index is 442. The zero-order valence-electron chi connectivity index (χ0n) is 13.8. The molecule has 1 aliphatic carbocycles. The quantitative estimate of drug-likeness (QED) is 0.848. The van der Waals surface area contributed by atoms with Gasteiger partial charge in [-0.05, 0) is 37.3 Å². The molecule has 0 aromatic carbocycles. The minimum Gasteiger partial charge on any atom is -0.380 e. The smallest absolute Gasteiger partial charge is 0.128 e. The van der Waals surface area contributed by atoms with Crippen LogP contribution >= 0.6 is 0 Å². The molecule has 2 aliphatic rings. The Hall–Kier alpha value is -1.13. The van der Waals surface area contributed by atoms with Gasteiger partial charge in [0.05, 0.1) is 6.10 Å². The van der Waals surface area contributed by atoms with Crippen molar-refractivity contribution >= 4 is 5.82 Å². The van der Waals surface area contributed by atoms with E-state index in [0.29, 0.717) is 12.1 Å². The maximum atomic E-state index is 5.67. The first-order chi connectivity index (χ1) is 10.9. The van der Waals surface area contributed by atoms with E-state index < -0.39 is 0 Å². The van der Waals surface area contributed by atoms with Gasteiger partial charge in [0.25, 0.3) is 0 Å². The molecular formula is C18H29N3O. The maximum Gasteiger partial charge on any atom is 0.128 e. The summed E-state index contributed by atoms with van der Waals surface area (Å²) in [5.41, 5.74) is 1.27. The van der Waals surface area contributed by atoms with Gasteiger partial charge in [-0.2, -0.15) is 0 Å². The van der Waals surface area contributed by atoms with Crippen LogP contribution in [0.4, 0.5) is 5.82 Å². The number of anilines is 1. The zero-order chi connectivity index (χ0) is 15.2. The summed E-state index contributed by atoms with van der Waals surface area (Å²) in [7, 11) is 1.84. The number of hydrogen-bond donors (Lipinski definition) is 1. The second-order valence-electron chi connectivity index (χ2n) is 6.62. The van der Waals surface area contributed by atoms with Crippen LogP contribution in [0, 0.1) is 0 Å². The number of aromatic nitrogens is 1. The average molecular weight is 303 g/mol. The Morgan fingerprint density at radius 1 is 1.14 bits per heavy atom. The fourth-order valence-corrected chi connectivity index (χ4v) is 3.69. The van der Waals surface area contributed by atoms with Gasteiger partial charge in [0.1, 0.15) is 5.82 Å². The SMILES string of the molecule is CO[C@H]1CCCCC[C@H]1NCc1ccc(N2CCCC2)nc1. The summed E-state index contributed by atoms with van der Waals surface area (Å²) in [6.45, 7) is 3.20. The van der Waals surface area contributed by atoms with Gasteiger partial charge in [-0.15, -0.1) is 0 Å². The second kappa shape index (κ2) is 7.93. The van der Waals surface area contributed by atoms with Crippen LogP contribution in [-0.4, -0.2) is 37.3 Å². The molecule has 1 aromatic heterocycles. The van der Waals surface area contributed by atoms with Crippen molar-refractivity contribution in [2.75, 3.05) is 25.1 Å². The lowest BCUT2D eigenvalue weighted by atomic mass is 10.1. The Morgan fingerprint density at radius 3 is 2.68 bits per heavy atom. The maximum absolute atomic E-state index is 5.67. The van der Waals surface area contributed by atoms with Crippen molar-refractivity contribution in [3.05, 3.63) is 23.9 Å². The van der Waals surface area contributed by atoms with Crippen LogP contribution in [0.15, 0.2) is 18.3 Å². The molecule has 22 heavy (non-hydrogen) atoms. The number of methoxy groups -OCH3 is 1. The van der Waals surface area contributed by atoms with Gasteiger partial charge in [0, 0.05) is 39.0 Å². The summed E-state index contributed by atoms with van der Waals surface area (Å²) in [6.07, 6.45) is 11.3. The van der Waals surface area contributed by atoms with Crippen molar-refractivity contribution < 1.29 is 4.74 Å². The van der Waals surface area contributed by atoms with Crippen LogP contribution in [0.3, 0.4) is 0 Å². The van der Waals surface area contributed by atoms with E-state index >= 15 is 0 Å². The van der Waals surface area contributed by atoms with Gasteiger partial charge >= 0.3 is 0 Å². The molecule has 0 radical (unpaired) electrons. The highest BCUT2D eigenvalue weighted by atomic mass is 16.5. The van der Waals surface area contributed by atoms with Crippen LogP contribution in [-0.2, 0) is 11.3 Å². The molecule has 1 aromatic rings. The molecule has 2 fully saturated rings. The number of nitrogens with zero attached hydrogens (tertiary/aromatic N) is 2. The van der Waals surface area contributed by atoms with E-state index in [9.17, 15) is 0 Å². The first-order valence-electron chi connectivity index (χ1n) is 8.83. The molecule has 4 heteroatoms. The van der Waals surface area contributed by atoms with E-state index in [2.05, 4.69) is 27.3 Å². The molecule has 2 atom stereocenters. The standard InChI is InChI=1S/C18H29N3O/c1-22-17-8-4-2-3-7-16(17)19-13-15-9-10-18(20-14-15)21-11-5-6-12-21/h9-10,14,16-17,19H,2-8,11-13H2,1H3/t16-,17+/m1/s1. The first kappa shape index (κ1) is 15.8. The van der Waals surface area contributed by atoms with Crippen molar-refractivity contribution in [2.45, 2.75) is 63.6 Å². The monoisotopic (exact) mass is 303 g/mol. The normalized spacial score (nSPS) is 26.1. The van der Waals surface area contributed by atoms with Gasteiger partial charge < -0.3 is 15.0 Å². The summed E-state index contributed by atoms with van der Waals surface area (Å²) in [6, 6.07) is 4.86. The highest BCUT2D eigenvalue weighted by Crippen LogP contribution is 2.21. The third kappa shape index (κ3) is 3.99. The topological polar surface area (TPSA) is 37.4 Å². The molecule has 0 amide bonds. The van der Waals surface area contributed by atoms with E-state index in [0.717, 1.165) is 25.5 Å². The lowest BCUT2D eigenvalue weighted by Crippen LogP contribution is -2.39. The number of hydrogen-bond acceptors (Lipinski definition) is 4. The zero-order valence-corrected chi connectivity index (χ0v) is 13.8. The molecule has 1 N–H and O–H groups in total. The van der Waals surface area contributed by atoms with E-state index in [-0.39, 0.29) is 0 Å². The highest BCUT2D eigenvalue weighted by Gasteiger charge is 2.22. The summed E-state index contributed by atoms with van der Waals surface area (Å²) in [5, 5.41) is 3.69. The van der Waals surface area contributed by atoms with Crippen LogP contribution in [0.2, 0.25) is 0 Å². The van der Waals surface area contributed by atoms with Crippen LogP contribution in [0.5, 0.6) is 0 Å². The van der Waals surface area contributed by atoms with Gasteiger partial charge in [0.15, 0.2) is 0 Å². The number of nitrogens with one attached hydrogen (secondary N) is 1. The van der Waals surface area contributed by atoms with E-state index in [1.807, 2.05) is 13.3 Å². The van der Waals surface area contributed by atoms with Gasteiger partial charge in [-0.25, -0.2) is 4.98 Å². The molecule has 2 heterocycles. The number of rotatable bonds is 5. The predicted molar refractivity (Wildman–Crippen MR) is 90.2 cm³/mol. The van der Waals surface area contributed by atoms with E-state index in [1.54, 1.807) is 0 Å². The molecule has 3 rings (SSSR count). The Labute approximate surface area is 134 Å². The lowest BCUT2D eigenvalue weighted by Gasteiger charge is -2.25. The van der Waals surface area contributed by atoms with Crippen molar-refractivity contribution in [1.82, 2.24) is 10.3 Å². The predicted octanol–water partition coefficient (Wildman–Crippen LogP) is 3.12. The molecular weight excluding hydrogens is 274 g/mol. The lowest BCUT2D eigenvalue weighted by molar-refractivity contribution is 0.0626. The number of ether oxygens (including phenoxy) is 1. The second-order valence-corrected chi connectivity index (χ2v) is 6.62. The molecule has 0 spiro atoms. The average Bonchev–Trinajstić information content (AvgIpc) is 3.00. The largest absolute Gasteiger partial charge is 0.380 e. The minimum absolute atomic E-state index is 0.360. The Balaban J connectivity index is 1.53. The highest BCUT2D eigenvalue weighted by molar-refractivity contribution is 5.40. The summed E-state index contributed by atoms with van der Waals surface area (Å²) < 4.78 is 5.67. The molecule has 0 bridgehead atoms. The summed E-state index contributed by atoms with van der Waals surface area (Å²) >= 11 is 0. The fourth-order valence-electron chi connectivity index (χ4n) is 3.69. The van der Waals surface area contributed by atoms with Gasteiger partial charge in [0.2, 0.25) is 0 Å². The molecule has 0 unspecified atom stereocenters. The molecule has 1 saturated heterocycles. The Morgan fingerprint density at radius 2 is 1.95 bits per heavy atom. The third-order valence-electron chi connectivity index (χ3n) is 5.06. The van der Waals surface area contributed by atoms with Gasteiger partial charge in [-0.3, -0.25) is 0 Å². The van der Waals surface area contributed by atoms with Crippen LogP contribution in [0.25, 0.3) is 0 Å². The summed E-state index contributed by atoms with van der Waals surface area (Å²) in [5.74, 6) is 1.13. The molecule has 1 saturated carbocycles. The number of pyridine rings is 1. The fraction of sp³-hybridized carbons (Fsp3) is 0.722. The third-order valence-corrected chi connectivity index (χ3v) is 5.06. The van der Waals surface area contributed by atoms with Crippen molar-refractivity contribution in [1.29, 1.82) is 0 Å². The molecule has 4 nitrogen and oxygen atoms in total. The van der Waals surface area contributed by atoms with Crippen molar-refractivity contribution in [3.8, 4) is 0 Å². The first-order valence-corrected chi connectivity index (χ1v) is 8.83. The van der Waals surface area contributed by atoms with Crippen molar-refractivity contribution in [3.63, 3.8) is 0 Å². The van der Waals surface area contributed by atoms with E-state index in [1.165, 1.54) is 50.5 Å². The Kier molecular flexibility index (Phi) is 5.68. The van der Waals surface area contributed by atoms with Crippen LogP contribution < -0.4 is 10.2 Å². The van der Waals surface area contributed by atoms with Crippen molar-refractivity contribution in [2.24, 2.45) is 0 Å². The van der Waals surface area contributed by atoms with Gasteiger partial charge in [-0.1, -0.05) is 25.3 Å². The minimum atomic E-state index is 0.360. The molecule has 1 aliphatic heterocycles. The van der Waals surface area contributed by atoms with Crippen LogP contribution in [0.1, 0.15) is 50.5 Å².